The Bertz CT molecular complexity index is 622. The summed E-state index contributed by atoms with van der Waals surface area (Å²) in [6.07, 6.45) is 8.47. The number of ketones is 2. The number of rotatable bonds is 6. The molecule has 0 saturated heterocycles. The maximum atomic E-state index is 12.5. The first kappa shape index (κ1) is 12.5. The van der Waals surface area contributed by atoms with Crippen molar-refractivity contribution in [1.29, 1.82) is 0 Å². The molecule has 0 spiro atoms. The number of hydrogen-bond acceptors (Lipinski definition) is 5. The van der Waals surface area contributed by atoms with E-state index in [-0.39, 0.29) is 11.6 Å². The van der Waals surface area contributed by atoms with Crippen LogP contribution in [0.4, 0.5) is 0 Å². The summed E-state index contributed by atoms with van der Waals surface area (Å²) in [5, 5.41) is 0. The summed E-state index contributed by atoms with van der Waals surface area (Å²) >= 11 is 0. The Kier molecular flexibility index (Phi) is 2.44. The number of carbonyl (C=O) groups excluding carboxylic acids is 2. The Morgan fingerprint density at radius 2 is 1.33 bits per heavy atom. The minimum absolute atomic E-state index is 0.122. The fourth-order valence-corrected chi connectivity index (χ4v) is 2.60. The molecule has 2 heterocycles. The molecule has 21 heavy (non-hydrogen) atoms. The normalized spacial score (nSPS) is 21.0. The molecule has 2 aliphatic carbocycles. The van der Waals surface area contributed by atoms with E-state index in [0.29, 0.717) is 37.1 Å². The lowest BCUT2D eigenvalue weighted by molar-refractivity contribution is -0.0213. The number of H-pyrrole nitrogens is 2. The molecule has 0 aromatic carbocycles. The molecule has 0 bridgehead atoms. The van der Waals surface area contributed by atoms with Crippen LogP contribution in [0.3, 0.4) is 0 Å². The van der Waals surface area contributed by atoms with Gasteiger partial charge < -0.3 is 14.7 Å². The third-order valence-corrected chi connectivity index (χ3v) is 4.11. The molecule has 2 aromatic rings. The molecular formula is C14H14N4O3. The molecule has 7 heteroatoms. The fraction of sp³-hybridized carbons (Fsp3) is 0.429. The summed E-state index contributed by atoms with van der Waals surface area (Å²) in [6.45, 7) is 0. The van der Waals surface area contributed by atoms with E-state index in [1.54, 1.807) is 0 Å². The largest absolute Gasteiger partial charge is 0.352 e. The molecule has 0 atom stereocenters. The first-order chi connectivity index (χ1) is 10.2. The molecule has 0 amide bonds. The Hall–Kier alpha value is -2.28. The molecule has 0 aliphatic heterocycles. The summed E-state index contributed by atoms with van der Waals surface area (Å²) in [4.78, 5) is 38.3. The van der Waals surface area contributed by atoms with Crippen molar-refractivity contribution < 1.29 is 14.3 Å². The molecular weight excluding hydrogens is 272 g/mol. The van der Waals surface area contributed by atoms with Crippen molar-refractivity contribution in [2.45, 2.75) is 36.9 Å². The highest BCUT2D eigenvalue weighted by atomic mass is 16.5. The molecule has 2 aliphatic rings. The van der Waals surface area contributed by atoms with Gasteiger partial charge >= 0.3 is 0 Å². The molecule has 2 aromatic heterocycles. The zero-order valence-electron chi connectivity index (χ0n) is 11.3. The molecule has 2 N–H and O–H groups in total. The molecule has 2 saturated carbocycles. The van der Waals surface area contributed by atoms with E-state index < -0.39 is 11.2 Å². The number of aromatic nitrogens is 4. The van der Waals surface area contributed by atoms with Gasteiger partial charge in [0.25, 0.3) is 0 Å². The second kappa shape index (κ2) is 4.11. The average molecular weight is 286 g/mol. The third-order valence-electron chi connectivity index (χ3n) is 4.11. The fourth-order valence-electron chi connectivity index (χ4n) is 2.60. The second-order valence-corrected chi connectivity index (χ2v) is 5.68. The summed E-state index contributed by atoms with van der Waals surface area (Å²) in [5.74, 6) is -0.243. The third kappa shape index (κ3) is 1.92. The van der Waals surface area contributed by atoms with Gasteiger partial charge in [0.05, 0.1) is 25.0 Å². The van der Waals surface area contributed by atoms with Gasteiger partial charge in [0, 0.05) is 0 Å². The summed E-state index contributed by atoms with van der Waals surface area (Å²) in [6, 6.07) is 0. The van der Waals surface area contributed by atoms with Crippen LogP contribution in [0.25, 0.3) is 0 Å². The molecule has 0 radical (unpaired) electrons. The van der Waals surface area contributed by atoms with Crippen LogP contribution >= 0.6 is 0 Å². The van der Waals surface area contributed by atoms with Crippen molar-refractivity contribution in [1.82, 2.24) is 19.9 Å². The van der Waals surface area contributed by atoms with E-state index in [4.69, 9.17) is 4.74 Å². The van der Waals surface area contributed by atoms with Gasteiger partial charge in [-0.15, -0.1) is 0 Å². The number of carbonyl (C=O) groups is 2. The molecule has 0 unspecified atom stereocenters. The summed E-state index contributed by atoms with van der Waals surface area (Å²) in [7, 11) is 0. The van der Waals surface area contributed by atoms with Crippen molar-refractivity contribution in [2.75, 3.05) is 0 Å². The Morgan fingerprint density at radius 3 is 1.62 bits per heavy atom. The summed E-state index contributed by atoms with van der Waals surface area (Å²) in [5.41, 5.74) is -0.869. The van der Waals surface area contributed by atoms with Crippen molar-refractivity contribution >= 4 is 11.6 Å². The van der Waals surface area contributed by atoms with Gasteiger partial charge in [-0.1, -0.05) is 0 Å². The van der Waals surface area contributed by atoms with Gasteiger partial charge in [-0.2, -0.15) is 0 Å². The van der Waals surface area contributed by atoms with Crippen LogP contribution in [0, 0.1) is 0 Å². The maximum Gasteiger partial charge on any atom is 0.212 e. The Labute approximate surface area is 120 Å². The van der Waals surface area contributed by atoms with Crippen molar-refractivity contribution in [3.05, 3.63) is 36.4 Å². The predicted octanol–water partition coefficient (Wildman–Crippen LogP) is 1.28. The minimum atomic E-state index is -0.862. The van der Waals surface area contributed by atoms with E-state index in [1.165, 1.54) is 25.0 Å². The first-order valence-corrected chi connectivity index (χ1v) is 6.92. The van der Waals surface area contributed by atoms with E-state index in [0.717, 1.165) is 0 Å². The van der Waals surface area contributed by atoms with Gasteiger partial charge in [-0.25, -0.2) is 9.97 Å². The van der Waals surface area contributed by atoms with Crippen LogP contribution in [0.5, 0.6) is 0 Å². The van der Waals surface area contributed by atoms with Gasteiger partial charge in [-0.3, -0.25) is 9.59 Å². The van der Waals surface area contributed by atoms with Crippen LogP contribution < -0.4 is 0 Å². The van der Waals surface area contributed by atoms with Gasteiger partial charge in [0.1, 0.15) is 22.6 Å². The van der Waals surface area contributed by atoms with Crippen LogP contribution in [0.15, 0.2) is 25.0 Å². The van der Waals surface area contributed by atoms with Crippen LogP contribution in [0.2, 0.25) is 0 Å². The van der Waals surface area contributed by atoms with Gasteiger partial charge in [0.15, 0.2) is 0 Å². The lowest BCUT2D eigenvalue weighted by Crippen LogP contribution is -2.37. The van der Waals surface area contributed by atoms with Crippen molar-refractivity contribution in [3.63, 3.8) is 0 Å². The predicted molar refractivity (Wildman–Crippen MR) is 70.9 cm³/mol. The maximum absolute atomic E-state index is 12.5. The van der Waals surface area contributed by atoms with Crippen LogP contribution in [-0.4, -0.2) is 42.7 Å². The second-order valence-electron chi connectivity index (χ2n) is 5.68. The van der Waals surface area contributed by atoms with Gasteiger partial charge in [-0.05, 0) is 25.7 Å². The highest BCUT2D eigenvalue weighted by Gasteiger charge is 2.63. The SMILES string of the molecule is O=C(c1cnc[nH]1)C1(OC2(C(=O)c3cnc[nH]3)CC2)CC1. The highest BCUT2D eigenvalue weighted by Crippen LogP contribution is 2.53. The Morgan fingerprint density at radius 1 is 0.905 bits per heavy atom. The monoisotopic (exact) mass is 286 g/mol. The lowest BCUT2D eigenvalue weighted by Gasteiger charge is -2.21. The number of hydrogen-bond donors (Lipinski definition) is 2. The highest BCUT2D eigenvalue weighted by molar-refractivity contribution is 6.05. The first-order valence-electron chi connectivity index (χ1n) is 6.92. The zero-order chi connectivity index (χ0) is 14.5. The van der Waals surface area contributed by atoms with E-state index in [2.05, 4.69) is 19.9 Å². The zero-order valence-corrected chi connectivity index (χ0v) is 11.3. The van der Waals surface area contributed by atoms with E-state index >= 15 is 0 Å². The molecule has 4 rings (SSSR count). The number of ether oxygens (including phenoxy) is 1. The lowest BCUT2D eigenvalue weighted by atomic mass is 10.1. The Balaban J connectivity index is 1.56. The number of imidazole rings is 2. The van der Waals surface area contributed by atoms with Gasteiger partial charge in [0.2, 0.25) is 11.6 Å². The van der Waals surface area contributed by atoms with E-state index in [1.807, 2.05) is 0 Å². The number of aromatic amines is 2. The number of nitrogens with zero attached hydrogens (tertiary/aromatic N) is 2. The van der Waals surface area contributed by atoms with Crippen LogP contribution in [-0.2, 0) is 4.74 Å². The topological polar surface area (TPSA) is 101 Å². The van der Waals surface area contributed by atoms with Crippen molar-refractivity contribution in [3.8, 4) is 0 Å². The van der Waals surface area contributed by atoms with Crippen LogP contribution in [0.1, 0.15) is 46.7 Å². The smallest absolute Gasteiger partial charge is 0.212 e. The average Bonchev–Trinajstić information content (AvgIpc) is 3.29. The van der Waals surface area contributed by atoms with E-state index in [9.17, 15) is 9.59 Å². The molecule has 108 valence electrons. The minimum Gasteiger partial charge on any atom is -0.352 e. The molecule has 2 fully saturated rings. The quantitative estimate of drug-likeness (QED) is 0.779. The molecule has 7 nitrogen and oxygen atoms in total. The number of Topliss-reactive ketones (excluding diaryl/α,β-unsaturated/α-hetero) is 2. The van der Waals surface area contributed by atoms with Crippen molar-refractivity contribution in [2.24, 2.45) is 0 Å². The standard InChI is InChI=1S/C14H14N4O3/c19-11(9-5-15-7-17-9)13(1-2-13)21-14(3-4-14)12(20)10-6-16-8-18-10/h5-8H,1-4H2,(H,15,17)(H,16,18). The number of nitrogens with one attached hydrogen (secondary N) is 2. The summed E-state index contributed by atoms with van der Waals surface area (Å²) < 4.78 is 6.02.